The molecule has 1 fully saturated rings. The van der Waals surface area contributed by atoms with Gasteiger partial charge in [-0.05, 0) is 76.1 Å². The molecule has 1 heterocycles. The summed E-state index contributed by atoms with van der Waals surface area (Å²) in [5.41, 5.74) is 0. The molecule has 138 valence electrons. The number of likely N-dealkylation sites (tertiary alicyclic amines) is 1. The van der Waals surface area contributed by atoms with Crippen LogP contribution in [0, 0.1) is 5.92 Å². The summed E-state index contributed by atoms with van der Waals surface area (Å²) in [6.07, 6.45) is 9.93. The molecule has 1 saturated heterocycles. The van der Waals surface area contributed by atoms with Crippen LogP contribution in [0.5, 0.6) is 0 Å². The molecule has 0 bridgehead atoms. The lowest BCUT2D eigenvalue weighted by Crippen LogP contribution is -2.38. The first-order valence-electron chi connectivity index (χ1n) is 8.92. The number of hydrogen-bond donors (Lipinski definition) is 2. The number of nitrogens with zero attached hydrogens (tertiary/aromatic N) is 2. The minimum atomic E-state index is 0. The van der Waals surface area contributed by atoms with E-state index < -0.39 is 0 Å². The van der Waals surface area contributed by atoms with Gasteiger partial charge in [-0.1, -0.05) is 6.92 Å². The van der Waals surface area contributed by atoms with E-state index >= 15 is 0 Å². The van der Waals surface area contributed by atoms with E-state index in [1.165, 1.54) is 63.9 Å². The third-order valence-corrected chi connectivity index (χ3v) is 5.06. The highest BCUT2D eigenvalue weighted by Gasteiger charge is 2.14. The van der Waals surface area contributed by atoms with E-state index in [9.17, 15) is 0 Å². The molecule has 6 heteroatoms. The lowest BCUT2D eigenvalue weighted by Gasteiger charge is -2.30. The van der Waals surface area contributed by atoms with Crippen molar-refractivity contribution in [3.63, 3.8) is 0 Å². The number of unbranched alkanes of at least 4 members (excludes halogenated alkanes) is 2. The van der Waals surface area contributed by atoms with E-state index in [0.29, 0.717) is 0 Å². The monoisotopic (exact) mass is 456 g/mol. The van der Waals surface area contributed by atoms with Crippen molar-refractivity contribution in [3.05, 3.63) is 0 Å². The van der Waals surface area contributed by atoms with Crippen LogP contribution in [0.25, 0.3) is 0 Å². The predicted octanol–water partition coefficient (Wildman–Crippen LogP) is 3.42. The summed E-state index contributed by atoms with van der Waals surface area (Å²) in [6.45, 7) is 8.28. The largest absolute Gasteiger partial charge is 0.356 e. The van der Waals surface area contributed by atoms with Gasteiger partial charge in [0.05, 0.1) is 0 Å². The van der Waals surface area contributed by atoms with E-state index in [-0.39, 0.29) is 24.0 Å². The third kappa shape index (κ3) is 12.3. The molecule has 0 atom stereocenters. The van der Waals surface area contributed by atoms with Crippen LogP contribution in [0.15, 0.2) is 4.99 Å². The highest BCUT2D eigenvalue weighted by Crippen LogP contribution is 2.15. The number of halogens is 1. The molecule has 0 aliphatic carbocycles. The summed E-state index contributed by atoms with van der Waals surface area (Å²) >= 11 is 1.92. The highest BCUT2D eigenvalue weighted by atomic mass is 127. The van der Waals surface area contributed by atoms with Gasteiger partial charge in [-0.3, -0.25) is 4.99 Å². The van der Waals surface area contributed by atoms with Crippen LogP contribution in [-0.4, -0.2) is 62.6 Å². The SMILES string of the molecule is CN=C(NCCCCSC)NCCCCN1CCC(C)CC1.I. The summed E-state index contributed by atoms with van der Waals surface area (Å²) in [7, 11) is 1.85. The Balaban J connectivity index is 0.00000484. The molecule has 1 aliphatic heterocycles. The van der Waals surface area contributed by atoms with Gasteiger partial charge in [0.2, 0.25) is 0 Å². The van der Waals surface area contributed by atoms with Crippen LogP contribution >= 0.6 is 35.7 Å². The molecule has 4 nitrogen and oxygen atoms in total. The average molecular weight is 456 g/mol. The first-order valence-corrected chi connectivity index (χ1v) is 10.3. The second kappa shape index (κ2) is 15.8. The maximum absolute atomic E-state index is 4.28. The molecule has 0 aromatic carbocycles. The van der Waals surface area contributed by atoms with Gasteiger partial charge in [-0.25, -0.2) is 0 Å². The van der Waals surface area contributed by atoms with Crippen LogP contribution < -0.4 is 10.6 Å². The summed E-state index contributed by atoms with van der Waals surface area (Å²) < 4.78 is 0. The maximum atomic E-state index is 4.28. The Morgan fingerprint density at radius 1 is 1.09 bits per heavy atom. The number of hydrogen-bond acceptors (Lipinski definition) is 3. The van der Waals surface area contributed by atoms with Crippen LogP contribution in [0.3, 0.4) is 0 Å². The summed E-state index contributed by atoms with van der Waals surface area (Å²) in [5.74, 6) is 3.14. The lowest BCUT2D eigenvalue weighted by molar-refractivity contribution is 0.189. The van der Waals surface area contributed by atoms with E-state index in [0.717, 1.165) is 25.0 Å². The van der Waals surface area contributed by atoms with Crippen LogP contribution in [-0.2, 0) is 0 Å². The lowest BCUT2D eigenvalue weighted by atomic mass is 9.99. The number of nitrogens with one attached hydrogen (secondary N) is 2. The van der Waals surface area contributed by atoms with Crippen molar-refractivity contribution >= 4 is 41.7 Å². The van der Waals surface area contributed by atoms with Crippen molar-refractivity contribution in [2.24, 2.45) is 10.9 Å². The van der Waals surface area contributed by atoms with Crippen molar-refractivity contribution in [2.75, 3.05) is 51.8 Å². The number of thioether (sulfide) groups is 1. The fraction of sp³-hybridized carbons (Fsp3) is 0.941. The summed E-state index contributed by atoms with van der Waals surface area (Å²) in [5, 5.41) is 6.81. The van der Waals surface area contributed by atoms with Crippen molar-refractivity contribution in [2.45, 2.75) is 45.4 Å². The van der Waals surface area contributed by atoms with E-state index in [1.807, 2.05) is 18.8 Å². The summed E-state index contributed by atoms with van der Waals surface area (Å²) in [4.78, 5) is 6.90. The van der Waals surface area contributed by atoms with Crippen LogP contribution in [0.2, 0.25) is 0 Å². The molecule has 0 amide bonds. The van der Waals surface area contributed by atoms with Crippen molar-refractivity contribution in [1.82, 2.24) is 15.5 Å². The minimum Gasteiger partial charge on any atom is -0.356 e. The Morgan fingerprint density at radius 2 is 1.70 bits per heavy atom. The van der Waals surface area contributed by atoms with Gasteiger partial charge in [0.1, 0.15) is 0 Å². The zero-order valence-corrected chi connectivity index (χ0v) is 18.4. The molecule has 0 radical (unpaired) electrons. The van der Waals surface area contributed by atoms with Crippen molar-refractivity contribution in [1.29, 1.82) is 0 Å². The molecule has 1 aliphatic rings. The van der Waals surface area contributed by atoms with E-state index in [4.69, 9.17) is 0 Å². The van der Waals surface area contributed by atoms with Gasteiger partial charge in [0.15, 0.2) is 5.96 Å². The Labute approximate surface area is 165 Å². The summed E-state index contributed by atoms with van der Waals surface area (Å²) in [6, 6.07) is 0. The normalized spacial score (nSPS) is 16.9. The second-order valence-corrected chi connectivity index (χ2v) is 7.34. The van der Waals surface area contributed by atoms with E-state index in [2.05, 4.69) is 33.7 Å². The predicted molar refractivity (Wildman–Crippen MR) is 116 cm³/mol. The first kappa shape index (κ1) is 23.3. The molecular weight excluding hydrogens is 419 g/mol. The average Bonchev–Trinajstić information content (AvgIpc) is 2.54. The zero-order chi connectivity index (χ0) is 16.0. The van der Waals surface area contributed by atoms with E-state index in [1.54, 1.807) is 0 Å². The molecule has 0 unspecified atom stereocenters. The molecule has 0 aromatic rings. The minimum absolute atomic E-state index is 0. The first-order chi connectivity index (χ1) is 10.8. The Morgan fingerprint density at radius 3 is 2.26 bits per heavy atom. The standard InChI is InChI=1S/C17H36N4S.HI/c1-16-8-13-21(14-9-16)12-6-4-10-19-17(18-2)20-11-5-7-15-22-3;/h16H,4-15H2,1-3H3,(H2,18,19,20);1H. The Hall–Kier alpha value is 0.310. The number of aliphatic imine (C=N–C) groups is 1. The van der Waals surface area contributed by atoms with Gasteiger partial charge in [-0.2, -0.15) is 11.8 Å². The van der Waals surface area contributed by atoms with Gasteiger partial charge >= 0.3 is 0 Å². The van der Waals surface area contributed by atoms with Gasteiger partial charge in [0, 0.05) is 20.1 Å². The smallest absolute Gasteiger partial charge is 0.190 e. The highest BCUT2D eigenvalue weighted by molar-refractivity contribution is 14.0. The van der Waals surface area contributed by atoms with Gasteiger partial charge in [0.25, 0.3) is 0 Å². The molecule has 23 heavy (non-hydrogen) atoms. The number of rotatable bonds is 10. The Kier molecular flexibility index (Phi) is 16.0. The number of piperidine rings is 1. The second-order valence-electron chi connectivity index (χ2n) is 6.36. The molecule has 2 N–H and O–H groups in total. The molecule has 0 spiro atoms. The zero-order valence-electron chi connectivity index (χ0n) is 15.3. The fourth-order valence-electron chi connectivity index (χ4n) is 2.75. The fourth-order valence-corrected chi connectivity index (χ4v) is 3.24. The van der Waals surface area contributed by atoms with Crippen LogP contribution in [0.1, 0.15) is 45.4 Å². The van der Waals surface area contributed by atoms with Crippen molar-refractivity contribution in [3.8, 4) is 0 Å². The van der Waals surface area contributed by atoms with Crippen LogP contribution in [0.4, 0.5) is 0 Å². The topological polar surface area (TPSA) is 39.7 Å². The van der Waals surface area contributed by atoms with Gasteiger partial charge in [-0.15, -0.1) is 24.0 Å². The maximum Gasteiger partial charge on any atom is 0.190 e. The third-order valence-electron chi connectivity index (χ3n) is 4.36. The molecule has 0 aromatic heterocycles. The Bertz CT molecular complexity index is 294. The quantitative estimate of drug-likeness (QED) is 0.229. The van der Waals surface area contributed by atoms with Crippen molar-refractivity contribution < 1.29 is 0 Å². The molecule has 0 saturated carbocycles. The number of guanidine groups is 1. The molecular formula is C17H37IN4S. The molecule has 1 rings (SSSR count). The van der Waals surface area contributed by atoms with Gasteiger partial charge < -0.3 is 15.5 Å².